The maximum Gasteiger partial charge on any atom is 0.267 e. The SMILES string of the molecule is CC(C)(CNC(=O)c1cc2ccccc2c(=O)[nH]1)N1CCc2ccccc2C1. The number of carbonyl (C=O) groups is 1. The highest BCUT2D eigenvalue weighted by atomic mass is 16.2. The molecule has 2 aromatic carbocycles. The second-order valence-electron chi connectivity index (χ2n) is 8.03. The molecule has 2 heterocycles. The summed E-state index contributed by atoms with van der Waals surface area (Å²) in [5, 5.41) is 4.36. The maximum absolute atomic E-state index is 12.7. The molecule has 0 saturated heterocycles. The molecule has 0 spiro atoms. The van der Waals surface area contributed by atoms with Crippen molar-refractivity contribution >= 4 is 16.7 Å². The number of aromatic amines is 1. The summed E-state index contributed by atoms with van der Waals surface area (Å²) in [4.78, 5) is 30.0. The van der Waals surface area contributed by atoms with E-state index in [1.54, 1.807) is 12.1 Å². The Bertz CT molecular complexity index is 1080. The highest BCUT2D eigenvalue weighted by Crippen LogP contribution is 2.25. The Hall–Kier alpha value is -2.92. The lowest BCUT2D eigenvalue weighted by molar-refractivity contribution is 0.0822. The van der Waals surface area contributed by atoms with Crippen LogP contribution in [-0.2, 0) is 13.0 Å². The molecule has 1 aliphatic rings. The molecule has 1 aliphatic heterocycles. The lowest BCUT2D eigenvalue weighted by atomic mass is 9.94. The first kappa shape index (κ1) is 18.4. The van der Waals surface area contributed by atoms with Gasteiger partial charge in [-0.15, -0.1) is 0 Å². The Morgan fingerprint density at radius 3 is 2.64 bits per heavy atom. The minimum absolute atomic E-state index is 0.194. The van der Waals surface area contributed by atoms with Crippen LogP contribution >= 0.6 is 0 Å². The van der Waals surface area contributed by atoms with E-state index < -0.39 is 0 Å². The van der Waals surface area contributed by atoms with E-state index in [-0.39, 0.29) is 17.0 Å². The molecule has 4 rings (SSSR count). The molecule has 1 aromatic heterocycles. The second-order valence-corrected chi connectivity index (χ2v) is 8.03. The van der Waals surface area contributed by atoms with Crippen LogP contribution in [0.15, 0.2) is 59.4 Å². The normalized spacial score (nSPS) is 14.6. The van der Waals surface area contributed by atoms with Crippen LogP contribution in [0.3, 0.4) is 0 Å². The number of carbonyl (C=O) groups excluding carboxylic acids is 1. The number of benzene rings is 2. The van der Waals surface area contributed by atoms with Crippen LogP contribution in [0.2, 0.25) is 0 Å². The van der Waals surface area contributed by atoms with Crippen LogP contribution in [0.4, 0.5) is 0 Å². The first-order chi connectivity index (χ1) is 13.4. The molecule has 28 heavy (non-hydrogen) atoms. The van der Waals surface area contributed by atoms with Gasteiger partial charge in [0, 0.05) is 30.6 Å². The summed E-state index contributed by atoms with van der Waals surface area (Å²) >= 11 is 0. The number of nitrogens with one attached hydrogen (secondary N) is 2. The topological polar surface area (TPSA) is 65.2 Å². The van der Waals surface area contributed by atoms with Crippen LogP contribution < -0.4 is 10.9 Å². The van der Waals surface area contributed by atoms with E-state index in [1.807, 2.05) is 18.2 Å². The summed E-state index contributed by atoms with van der Waals surface area (Å²) in [7, 11) is 0. The molecule has 3 aromatic rings. The molecule has 144 valence electrons. The monoisotopic (exact) mass is 375 g/mol. The number of H-pyrrole nitrogens is 1. The van der Waals surface area contributed by atoms with Gasteiger partial charge in [0.25, 0.3) is 11.5 Å². The number of pyridine rings is 1. The number of hydrogen-bond acceptors (Lipinski definition) is 3. The van der Waals surface area contributed by atoms with Gasteiger partial charge in [-0.2, -0.15) is 0 Å². The minimum atomic E-state index is -0.256. The van der Waals surface area contributed by atoms with Crippen LogP contribution in [0, 0.1) is 0 Å². The molecular weight excluding hydrogens is 350 g/mol. The Morgan fingerprint density at radius 1 is 1.11 bits per heavy atom. The molecule has 0 bridgehead atoms. The van der Waals surface area contributed by atoms with Crippen molar-refractivity contribution in [1.82, 2.24) is 15.2 Å². The average Bonchev–Trinajstić information content (AvgIpc) is 2.71. The quantitative estimate of drug-likeness (QED) is 0.736. The fourth-order valence-electron chi connectivity index (χ4n) is 3.85. The predicted molar refractivity (Wildman–Crippen MR) is 112 cm³/mol. The van der Waals surface area contributed by atoms with Gasteiger partial charge in [0.1, 0.15) is 5.69 Å². The van der Waals surface area contributed by atoms with Crippen LogP contribution in [0.25, 0.3) is 10.8 Å². The number of fused-ring (bicyclic) bond motifs is 2. The second kappa shape index (κ2) is 7.24. The highest BCUT2D eigenvalue weighted by molar-refractivity contribution is 5.96. The first-order valence-corrected chi connectivity index (χ1v) is 9.66. The van der Waals surface area contributed by atoms with Gasteiger partial charge in [0.2, 0.25) is 0 Å². The largest absolute Gasteiger partial charge is 0.349 e. The van der Waals surface area contributed by atoms with E-state index in [0.29, 0.717) is 17.6 Å². The summed E-state index contributed by atoms with van der Waals surface area (Å²) in [6.45, 7) is 6.64. The van der Waals surface area contributed by atoms with Crippen LogP contribution in [0.5, 0.6) is 0 Å². The molecule has 0 atom stereocenters. The molecule has 0 fully saturated rings. The van der Waals surface area contributed by atoms with Gasteiger partial charge in [0.15, 0.2) is 0 Å². The lowest BCUT2D eigenvalue weighted by Crippen LogP contribution is -2.53. The number of hydrogen-bond donors (Lipinski definition) is 2. The number of aromatic nitrogens is 1. The van der Waals surface area contributed by atoms with Gasteiger partial charge >= 0.3 is 0 Å². The molecule has 1 amide bonds. The summed E-state index contributed by atoms with van der Waals surface area (Å²) in [5.41, 5.74) is 2.62. The lowest BCUT2D eigenvalue weighted by Gasteiger charge is -2.41. The van der Waals surface area contributed by atoms with Crippen molar-refractivity contribution in [1.29, 1.82) is 0 Å². The van der Waals surface area contributed by atoms with Crippen molar-refractivity contribution in [2.24, 2.45) is 0 Å². The van der Waals surface area contributed by atoms with Gasteiger partial charge in [-0.25, -0.2) is 0 Å². The van der Waals surface area contributed by atoms with E-state index in [2.05, 4.69) is 53.3 Å². The van der Waals surface area contributed by atoms with Gasteiger partial charge in [-0.1, -0.05) is 42.5 Å². The summed E-state index contributed by atoms with van der Waals surface area (Å²) in [6.07, 6.45) is 1.02. The minimum Gasteiger partial charge on any atom is -0.349 e. The fraction of sp³-hybridized carbons (Fsp3) is 0.304. The van der Waals surface area contributed by atoms with Crippen molar-refractivity contribution in [3.05, 3.63) is 81.8 Å². The van der Waals surface area contributed by atoms with Crippen molar-refractivity contribution < 1.29 is 4.79 Å². The zero-order chi connectivity index (χ0) is 19.7. The fourth-order valence-corrected chi connectivity index (χ4v) is 3.85. The molecular formula is C23H25N3O2. The third-order valence-corrected chi connectivity index (χ3v) is 5.67. The van der Waals surface area contributed by atoms with Gasteiger partial charge in [-0.3, -0.25) is 14.5 Å². The summed E-state index contributed by atoms with van der Waals surface area (Å²) in [5.74, 6) is -0.256. The van der Waals surface area contributed by atoms with Crippen molar-refractivity contribution in [3.8, 4) is 0 Å². The Labute approximate surface area is 164 Å². The van der Waals surface area contributed by atoms with Gasteiger partial charge in [-0.05, 0) is 48.9 Å². The third-order valence-electron chi connectivity index (χ3n) is 5.67. The molecule has 5 heteroatoms. The van der Waals surface area contributed by atoms with Crippen molar-refractivity contribution in [2.75, 3.05) is 13.1 Å². The molecule has 5 nitrogen and oxygen atoms in total. The summed E-state index contributed by atoms with van der Waals surface area (Å²) < 4.78 is 0. The van der Waals surface area contributed by atoms with Gasteiger partial charge < -0.3 is 10.3 Å². The molecule has 0 saturated carbocycles. The van der Waals surface area contributed by atoms with Crippen molar-refractivity contribution in [2.45, 2.75) is 32.4 Å². The maximum atomic E-state index is 12.7. The number of amides is 1. The predicted octanol–water partition coefficient (Wildman–Crippen LogP) is 3.09. The van der Waals surface area contributed by atoms with E-state index in [9.17, 15) is 9.59 Å². The first-order valence-electron chi connectivity index (χ1n) is 9.66. The average molecular weight is 375 g/mol. The Morgan fingerprint density at radius 2 is 1.82 bits per heavy atom. The van der Waals surface area contributed by atoms with E-state index in [0.717, 1.165) is 24.9 Å². The van der Waals surface area contributed by atoms with Crippen LogP contribution in [0.1, 0.15) is 35.5 Å². The summed E-state index contributed by atoms with van der Waals surface area (Å²) in [6, 6.07) is 17.5. The van der Waals surface area contributed by atoms with E-state index in [4.69, 9.17) is 0 Å². The Balaban J connectivity index is 1.46. The van der Waals surface area contributed by atoms with Gasteiger partial charge in [0.05, 0.1) is 0 Å². The molecule has 2 N–H and O–H groups in total. The smallest absolute Gasteiger partial charge is 0.267 e. The number of rotatable bonds is 4. The molecule has 0 unspecified atom stereocenters. The van der Waals surface area contributed by atoms with Crippen LogP contribution in [-0.4, -0.2) is 34.4 Å². The number of nitrogens with zero attached hydrogens (tertiary/aromatic N) is 1. The third kappa shape index (κ3) is 3.58. The zero-order valence-corrected chi connectivity index (χ0v) is 16.3. The van der Waals surface area contributed by atoms with Crippen molar-refractivity contribution in [3.63, 3.8) is 0 Å². The highest BCUT2D eigenvalue weighted by Gasteiger charge is 2.30. The standard InChI is InChI=1S/C23H25N3O2/c1-23(2,26-12-11-16-7-3-4-9-18(16)14-26)15-24-22(28)20-13-17-8-5-6-10-19(17)21(27)25-20/h3-10,13H,11-12,14-15H2,1-2H3,(H,24,28)(H,25,27). The zero-order valence-electron chi connectivity index (χ0n) is 16.3. The van der Waals surface area contributed by atoms with E-state index in [1.165, 1.54) is 11.1 Å². The Kier molecular flexibility index (Phi) is 4.77. The van der Waals surface area contributed by atoms with E-state index >= 15 is 0 Å². The molecule has 0 aliphatic carbocycles. The molecule has 0 radical (unpaired) electrons.